The molecule has 2 aliphatic carbocycles. The molecule has 0 saturated heterocycles. The second kappa shape index (κ2) is 2.23. The third-order valence-electron chi connectivity index (χ3n) is 3.54. The van der Waals surface area contributed by atoms with Crippen LogP contribution >= 0.6 is 0 Å². The smallest absolute Gasteiger partial charge is 0.0571 e. The molecule has 0 aliphatic heterocycles. The first kappa shape index (κ1) is 6.66. The molecule has 0 amide bonds. The van der Waals surface area contributed by atoms with Crippen LogP contribution in [0.5, 0.6) is 0 Å². The number of hydrogen-bond donors (Lipinski definition) is 1. The van der Waals surface area contributed by atoms with Crippen molar-refractivity contribution in [1.29, 1.82) is 0 Å². The molecule has 2 aliphatic rings. The molecule has 0 aromatic rings. The second-order valence-electron chi connectivity index (χ2n) is 4.02. The molecule has 1 nitrogen and oxygen atoms in total. The number of aliphatic hydroxyl groups is 1. The summed E-state index contributed by atoms with van der Waals surface area (Å²) in [6, 6.07) is 0. The molecule has 0 aromatic carbocycles. The van der Waals surface area contributed by atoms with Crippen molar-refractivity contribution in [3.05, 3.63) is 0 Å². The van der Waals surface area contributed by atoms with Crippen LogP contribution in [0, 0.1) is 17.8 Å². The van der Waals surface area contributed by atoms with Crippen LogP contribution in [0.15, 0.2) is 0 Å². The maximum absolute atomic E-state index is 9.50. The molecule has 0 bridgehead atoms. The van der Waals surface area contributed by atoms with Gasteiger partial charge in [-0.3, -0.25) is 0 Å². The van der Waals surface area contributed by atoms with Crippen LogP contribution in [0.2, 0.25) is 0 Å². The minimum Gasteiger partial charge on any atom is -0.393 e. The van der Waals surface area contributed by atoms with Crippen molar-refractivity contribution in [3.8, 4) is 0 Å². The molecule has 0 heterocycles. The van der Waals surface area contributed by atoms with Crippen LogP contribution in [0.4, 0.5) is 0 Å². The third kappa shape index (κ3) is 0.800. The van der Waals surface area contributed by atoms with E-state index in [4.69, 9.17) is 0 Å². The Balaban J connectivity index is 2.09. The van der Waals surface area contributed by atoms with Gasteiger partial charge in [-0.05, 0) is 30.6 Å². The van der Waals surface area contributed by atoms with E-state index in [1.807, 2.05) is 0 Å². The Morgan fingerprint density at radius 2 is 2.10 bits per heavy atom. The second-order valence-corrected chi connectivity index (χ2v) is 4.02. The zero-order valence-electron chi connectivity index (χ0n) is 6.59. The summed E-state index contributed by atoms with van der Waals surface area (Å²) in [6.07, 6.45) is 5.28. The van der Waals surface area contributed by atoms with Crippen LogP contribution < -0.4 is 0 Å². The molecule has 2 saturated carbocycles. The van der Waals surface area contributed by atoms with E-state index in [2.05, 4.69) is 6.92 Å². The lowest BCUT2D eigenvalue weighted by Gasteiger charge is -2.14. The van der Waals surface area contributed by atoms with Crippen molar-refractivity contribution in [2.75, 3.05) is 0 Å². The molecule has 10 heavy (non-hydrogen) atoms. The van der Waals surface area contributed by atoms with Crippen LogP contribution in [0.3, 0.4) is 0 Å². The summed E-state index contributed by atoms with van der Waals surface area (Å²) in [6.45, 7) is 2.21. The summed E-state index contributed by atoms with van der Waals surface area (Å²) >= 11 is 0. The highest BCUT2D eigenvalue weighted by Crippen LogP contribution is 2.47. The number of aliphatic hydroxyl groups excluding tert-OH is 1. The zero-order chi connectivity index (χ0) is 7.14. The lowest BCUT2D eigenvalue weighted by molar-refractivity contribution is 0.125. The predicted molar refractivity (Wildman–Crippen MR) is 40.6 cm³/mol. The van der Waals surface area contributed by atoms with E-state index in [1.54, 1.807) is 0 Å². The maximum atomic E-state index is 9.50. The summed E-state index contributed by atoms with van der Waals surface area (Å²) in [5.74, 6) is 2.34. The van der Waals surface area contributed by atoms with E-state index < -0.39 is 0 Å². The van der Waals surface area contributed by atoms with Gasteiger partial charge < -0.3 is 5.11 Å². The molecule has 58 valence electrons. The van der Waals surface area contributed by atoms with E-state index in [9.17, 15) is 5.11 Å². The Bertz CT molecular complexity index is 131. The number of rotatable bonds is 0. The largest absolute Gasteiger partial charge is 0.393 e. The number of hydrogen-bond acceptors (Lipinski definition) is 1. The predicted octanol–water partition coefficient (Wildman–Crippen LogP) is 1.80. The summed E-state index contributed by atoms with van der Waals surface area (Å²) < 4.78 is 0. The van der Waals surface area contributed by atoms with Gasteiger partial charge in [0, 0.05) is 0 Å². The van der Waals surface area contributed by atoms with Gasteiger partial charge in [0.05, 0.1) is 6.10 Å². The Morgan fingerprint density at radius 1 is 1.30 bits per heavy atom. The SMILES string of the molecule is CC1C(O)CC2CCCC21. The highest BCUT2D eigenvalue weighted by Gasteiger charge is 2.41. The van der Waals surface area contributed by atoms with Gasteiger partial charge in [-0.1, -0.05) is 19.8 Å². The molecule has 1 N–H and O–H groups in total. The van der Waals surface area contributed by atoms with E-state index in [-0.39, 0.29) is 6.10 Å². The zero-order valence-corrected chi connectivity index (χ0v) is 6.59. The van der Waals surface area contributed by atoms with Crippen molar-refractivity contribution in [1.82, 2.24) is 0 Å². The Morgan fingerprint density at radius 3 is 2.80 bits per heavy atom. The summed E-state index contributed by atoms with van der Waals surface area (Å²) in [4.78, 5) is 0. The molecule has 4 atom stereocenters. The Hall–Kier alpha value is -0.0400. The quantitative estimate of drug-likeness (QED) is 0.544. The molecule has 4 unspecified atom stereocenters. The van der Waals surface area contributed by atoms with Gasteiger partial charge in [0.1, 0.15) is 0 Å². The first-order valence-electron chi connectivity index (χ1n) is 4.47. The average molecular weight is 140 g/mol. The van der Waals surface area contributed by atoms with Gasteiger partial charge in [-0.2, -0.15) is 0 Å². The first-order chi connectivity index (χ1) is 4.79. The summed E-state index contributed by atoms with van der Waals surface area (Å²) in [7, 11) is 0. The van der Waals surface area contributed by atoms with Crippen molar-refractivity contribution in [2.45, 2.75) is 38.7 Å². The molecule has 2 fully saturated rings. The standard InChI is InChI=1S/C9H16O/c1-6-8-4-2-3-7(8)5-9(6)10/h6-10H,2-5H2,1H3. The van der Waals surface area contributed by atoms with Crippen molar-refractivity contribution in [3.63, 3.8) is 0 Å². The van der Waals surface area contributed by atoms with Gasteiger partial charge in [0.2, 0.25) is 0 Å². The van der Waals surface area contributed by atoms with E-state index >= 15 is 0 Å². The minimum atomic E-state index is 0.0234. The van der Waals surface area contributed by atoms with Gasteiger partial charge in [-0.15, -0.1) is 0 Å². The number of fused-ring (bicyclic) bond motifs is 1. The summed E-state index contributed by atoms with van der Waals surface area (Å²) in [5, 5.41) is 9.50. The third-order valence-corrected chi connectivity index (χ3v) is 3.54. The fourth-order valence-corrected chi connectivity index (χ4v) is 2.86. The Kier molecular flexibility index (Phi) is 1.48. The molecular formula is C9H16O. The van der Waals surface area contributed by atoms with Crippen LogP contribution in [0.25, 0.3) is 0 Å². The van der Waals surface area contributed by atoms with E-state index in [0.717, 1.165) is 18.3 Å². The summed E-state index contributed by atoms with van der Waals surface area (Å²) in [5.41, 5.74) is 0. The molecule has 0 radical (unpaired) electrons. The lowest BCUT2D eigenvalue weighted by Crippen LogP contribution is -2.14. The molecule has 0 aromatic heterocycles. The van der Waals surface area contributed by atoms with E-state index in [0.29, 0.717) is 5.92 Å². The maximum Gasteiger partial charge on any atom is 0.0571 e. The van der Waals surface area contributed by atoms with Gasteiger partial charge >= 0.3 is 0 Å². The van der Waals surface area contributed by atoms with Gasteiger partial charge in [0.25, 0.3) is 0 Å². The molecule has 0 spiro atoms. The van der Waals surface area contributed by atoms with Crippen LogP contribution in [0.1, 0.15) is 32.6 Å². The molecule has 1 heteroatoms. The lowest BCUT2D eigenvalue weighted by atomic mass is 9.93. The van der Waals surface area contributed by atoms with E-state index in [1.165, 1.54) is 19.3 Å². The Labute approximate surface area is 62.4 Å². The van der Waals surface area contributed by atoms with Gasteiger partial charge in [0.15, 0.2) is 0 Å². The highest BCUT2D eigenvalue weighted by atomic mass is 16.3. The highest BCUT2D eigenvalue weighted by molar-refractivity contribution is 4.92. The van der Waals surface area contributed by atoms with Gasteiger partial charge in [-0.25, -0.2) is 0 Å². The minimum absolute atomic E-state index is 0.0234. The topological polar surface area (TPSA) is 20.2 Å². The monoisotopic (exact) mass is 140 g/mol. The molecule has 2 rings (SSSR count). The fourth-order valence-electron chi connectivity index (χ4n) is 2.86. The fraction of sp³-hybridized carbons (Fsp3) is 1.00. The molecular weight excluding hydrogens is 124 g/mol. The van der Waals surface area contributed by atoms with Crippen LogP contribution in [-0.4, -0.2) is 11.2 Å². The van der Waals surface area contributed by atoms with Crippen molar-refractivity contribution >= 4 is 0 Å². The van der Waals surface area contributed by atoms with Crippen LogP contribution in [-0.2, 0) is 0 Å². The first-order valence-corrected chi connectivity index (χ1v) is 4.47. The van der Waals surface area contributed by atoms with Crippen molar-refractivity contribution in [2.24, 2.45) is 17.8 Å². The average Bonchev–Trinajstić information content (AvgIpc) is 2.41. The van der Waals surface area contributed by atoms with Crippen molar-refractivity contribution < 1.29 is 5.11 Å². The normalized spacial score (nSPS) is 53.4.